The predicted molar refractivity (Wildman–Crippen MR) is 280 cm³/mol. The van der Waals surface area contributed by atoms with E-state index in [1.807, 2.05) is 92.6 Å². The highest BCUT2D eigenvalue weighted by Gasteiger charge is 2.45. The van der Waals surface area contributed by atoms with Gasteiger partial charge in [0.1, 0.15) is 40.5 Å². The molecule has 5 atom stereocenters. The molecule has 0 spiro atoms. The van der Waals surface area contributed by atoms with Crippen LogP contribution in [0, 0.1) is 33.1 Å². The van der Waals surface area contributed by atoms with Crippen LogP contribution in [0.1, 0.15) is 97.0 Å². The van der Waals surface area contributed by atoms with Gasteiger partial charge in [-0.25, -0.2) is 4.98 Å². The van der Waals surface area contributed by atoms with Gasteiger partial charge in [0.2, 0.25) is 17.7 Å². The van der Waals surface area contributed by atoms with Gasteiger partial charge in [-0.15, -0.1) is 32.9 Å². The van der Waals surface area contributed by atoms with Crippen molar-refractivity contribution in [3.63, 3.8) is 0 Å². The van der Waals surface area contributed by atoms with E-state index in [0.717, 1.165) is 44.4 Å². The number of halogens is 1. The number of β-amino-alcohol motifs (C(OH)–C–C–N with tert-alkyl or cyclic N) is 1. The molecule has 3 aliphatic heterocycles. The van der Waals surface area contributed by atoms with Crippen molar-refractivity contribution >= 4 is 69.4 Å². The number of aliphatic imine (C=N–C) groups is 1. The fourth-order valence-corrected chi connectivity index (χ4v) is 11.7. The summed E-state index contributed by atoms with van der Waals surface area (Å²) in [5, 5.41) is 32.3. The second kappa shape index (κ2) is 20.6. The Kier molecular flexibility index (Phi) is 14.4. The number of amides is 4. The van der Waals surface area contributed by atoms with Crippen LogP contribution < -0.4 is 25.6 Å². The lowest BCUT2D eigenvalue weighted by Crippen LogP contribution is -2.59. The number of anilines is 1. The molecule has 2 saturated heterocycles. The molecular formula is C53H59ClN10O6S2. The predicted octanol–water partition coefficient (Wildman–Crippen LogP) is 7.38. The van der Waals surface area contributed by atoms with Gasteiger partial charge >= 0.3 is 0 Å². The molecule has 4 amide bonds. The third-order valence-electron chi connectivity index (χ3n) is 13.6. The zero-order valence-corrected chi connectivity index (χ0v) is 43.9. The van der Waals surface area contributed by atoms with Crippen molar-refractivity contribution in [2.24, 2.45) is 10.4 Å². The van der Waals surface area contributed by atoms with Crippen LogP contribution in [0.3, 0.4) is 0 Å². The first-order chi connectivity index (χ1) is 34.3. The summed E-state index contributed by atoms with van der Waals surface area (Å²) in [7, 11) is 0. The van der Waals surface area contributed by atoms with Crippen molar-refractivity contribution in [1.82, 2.24) is 40.6 Å². The molecule has 0 radical (unpaired) electrons. The summed E-state index contributed by atoms with van der Waals surface area (Å²) in [6.45, 7) is 16.2. The molecule has 3 aliphatic rings. The van der Waals surface area contributed by atoms with E-state index in [0.29, 0.717) is 35.5 Å². The first-order valence-electron chi connectivity index (χ1n) is 24.0. The number of likely N-dealkylation sites (tertiary alicyclic amines) is 1. The number of pyridine rings is 1. The molecule has 4 N–H and O–H groups in total. The summed E-state index contributed by atoms with van der Waals surface area (Å²) in [5.41, 5.74) is 6.28. The van der Waals surface area contributed by atoms with Gasteiger partial charge < -0.3 is 35.6 Å². The number of hydrogen-bond donors (Lipinski definition) is 4. The summed E-state index contributed by atoms with van der Waals surface area (Å²) < 4.78 is 7.84. The fraction of sp³-hybridized carbons (Fsp3) is 0.396. The maximum atomic E-state index is 14.2. The number of ether oxygens (including phenoxy) is 1. The second-order valence-electron chi connectivity index (χ2n) is 20.0. The average molecular weight is 1030 g/mol. The van der Waals surface area contributed by atoms with Crippen LogP contribution >= 0.6 is 34.3 Å². The number of aliphatic hydroxyl groups is 1. The number of carbonyl (C=O) groups is 4. The zero-order valence-electron chi connectivity index (χ0n) is 41.5. The smallest absolute Gasteiger partial charge is 0.258 e. The highest BCUT2D eigenvalue weighted by atomic mass is 35.5. The van der Waals surface area contributed by atoms with Gasteiger partial charge in [0, 0.05) is 52.0 Å². The number of aliphatic hydroxyl groups excluding tert-OH is 1. The normalized spacial score (nSPS) is 18.5. The maximum Gasteiger partial charge on any atom is 0.258 e. The van der Waals surface area contributed by atoms with E-state index in [1.54, 1.807) is 34.8 Å². The molecular weight excluding hydrogens is 972 g/mol. The number of aryl methyl sites for hydroxylation is 3. The average Bonchev–Trinajstić information content (AvgIpc) is 4.10. The number of hydrogen-bond acceptors (Lipinski definition) is 13. The van der Waals surface area contributed by atoms with Gasteiger partial charge in [-0.1, -0.05) is 68.8 Å². The molecule has 2 fully saturated rings. The number of benzene rings is 2. The number of thiophene rings is 2. The monoisotopic (exact) mass is 1030 g/mol. The van der Waals surface area contributed by atoms with Crippen molar-refractivity contribution in [2.75, 3.05) is 31.1 Å². The molecule has 9 rings (SSSR count). The molecule has 72 heavy (non-hydrogen) atoms. The Balaban J connectivity index is 0.768. The van der Waals surface area contributed by atoms with Crippen LogP contribution in [0.25, 0.3) is 15.4 Å². The lowest BCUT2D eigenvalue weighted by Gasteiger charge is -2.40. The molecule has 0 saturated carbocycles. The van der Waals surface area contributed by atoms with Crippen molar-refractivity contribution in [3.8, 4) is 21.2 Å². The molecule has 19 heteroatoms. The van der Waals surface area contributed by atoms with Crippen LogP contribution in [-0.2, 0) is 19.2 Å². The molecule has 2 aromatic carbocycles. The largest absolute Gasteiger partial charge is 0.482 e. The Morgan fingerprint density at radius 3 is 2.29 bits per heavy atom. The molecule has 0 bridgehead atoms. The molecule has 0 unspecified atom stereocenters. The van der Waals surface area contributed by atoms with Crippen LogP contribution in [0.5, 0.6) is 5.75 Å². The summed E-state index contributed by atoms with van der Waals surface area (Å²) >= 11 is 9.61. The molecule has 0 aliphatic carbocycles. The zero-order chi connectivity index (χ0) is 51.2. The minimum atomic E-state index is -1.01. The summed E-state index contributed by atoms with van der Waals surface area (Å²) in [4.78, 5) is 70.6. The van der Waals surface area contributed by atoms with Crippen molar-refractivity contribution in [2.45, 2.75) is 105 Å². The lowest BCUT2D eigenvalue weighted by molar-refractivity contribution is -0.144. The number of aromatic nitrogens is 4. The summed E-state index contributed by atoms with van der Waals surface area (Å²) in [6, 6.07) is 18.2. The van der Waals surface area contributed by atoms with Gasteiger partial charge in [-0.05, 0) is 98.0 Å². The standard InChI is InChI=1S/C53H59ClN10O6S2/c1-28-19-20-71-47(28)35-11-9-33(10-12-35)30(3)56-50(68)41-21-38(65)26-63(41)51(69)48(53(6,7)8)59-44(67)27-70-39-17-18-42(55-23-39)62-24-37(25-62)57-43(66)22-40-49-61-60-32(5)64(49)52-45(29(2)31(4)72-52)46(58-40)34-13-15-36(54)16-14-34/h9-20,23,30,37-38,40-41,48,65H,21-22,24-27H2,1-8H3,(H,56,68)(H,57,66)(H,59,67)/t30-,38+,40-,41-,48+/m0/s1. The number of nitrogens with one attached hydrogen (secondary N) is 3. The topological polar surface area (TPSA) is 196 Å². The number of fused-ring (bicyclic) bond motifs is 3. The Morgan fingerprint density at radius 2 is 1.62 bits per heavy atom. The Morgan fingerprint density at radius 1 is 0.903 bits per heavy atom. The van der Waals surface area contributed by atoms with E-state index in [2.05, 4.69) is 63.3 Å². The molecule has 6 aromatic rings. The van der Waals surface area contributed by atoms with Gasteiger partial charge in [0.05, 0.1) is 36.5 Å². The van der Waals surface area contributed by atoms with Crippen LogP contribution in [-0.4, -0.2) is 110 Å². The van der Waals surface area contributed by atoms with Crippen LogP contribution in [0.2, 0.25) is 5.02 Å². The first-order valence-corrected chi connectivity index (χ1v) is 26.1. The number of carbonyl (C=O) groups excluding carboxylic acids is 4. The number of rotatable bonds is 14. The Bertz CT molecular complexity index is 3030. The summed E-state index contributed by atoms with van der Waals surface area (Å²) in [6.07, 6.45) is 0.783. The van der Waals surface area contributed by atoms with Crippen LogP contribution in [0.15, 0.2) is 83.3 Å². The fourth-order valence-electron chi connectivity index (χ4n) is 9.45. The van der Waals surface area contributed by atoms with E-state index in [9.17, 15) is 24.3 Å². The molecule has 16 nitrogen and oxygen atoms in total. The van der Waals surface area contributed by atoms with E-state index in [1.165, 1.54) is 26.4 Å². The highest BCUT2D eigenvalue weighted by Crippen LogP contribution is 2.40. The first kappa shape index (κ1) is 50.5. The molecule has 4 aromatic heterocycles. The van der Waals surface area contributed by atoms with Crippen molar-refractivity contribution in [1.29, 1.82) is 0 Å². The van der Waals surface area contributed by atoms with Crippen LogP contribution in [0.4, 0.5) is 5.82 Å². The quantitative estimate of drug-likeness (QED) is 0.0855. The van der Waals surface area contributed by atoms with E-state index < -0.39 is 41.5 Å². The Labute approximate surface area is 431 Å². The van der Waals surface area contributed by atoms with Gasteiger partial charge in [-0.3, -0.25) is 28.7 Å². The minimum Gasteiger partial charge on any atom is -0.482 e. The highest BCUT2D eigenvalue weighted by molar-refractivity contribution is 7.15. The van der Waals surface area contributed by atoms with Crippen molar-refractivity contribution < 1.29 is 29.0 Å². The van der Waals surface area contributed by atoms with Gasteiger partial charge in [0.15, 0.2) is 12.4 Å². The molecule has 376 valence electrons. The summed E-state index contributed by atoms with van der Waals surface area (Å²) in [5.74, 6) is 0.839. The van der Waals surface area contributed by atoms with E-state index >= 15 is 0 Å². The van der Waals surface area contributed by atoms with Gasteiger partial charge in [-0.2, -0.15) is 0 Å². The van der Waals surface area contributed by atoms with Crippen molar-refractivity contribution in [3.05, 3.63) is 128 Å². The van der Waals surface area contributed by atoms with E-state index in [4.69, 9.17) is 21.3 Å². The van der Waals surface area contributed by atoms with Gasteiger partial charge in [0.25, 0.3) is 5.91 Å². The number of nitrogens with zero attached hydrogens (tertiary/aromatic N) is 7. The Hall–Kier alpha value is -6.47. The maximum absolute atomic E-state index is 14.2. The van der Waals surface area contributed by atoms with E-state index in [-0.39, 0.29) is 49.9 Å². The third-order valence-corrected chi connectivity index (χ3v) is 16.1. The lowest BCUT2D eigenvalue weighted by atomic mass is 9.85. The molecule has 7 heterocycles. The third kappa shape index (κ3) is 10.5. The second-order valence-corrected chi connectivity index (χ2v) is 22.5. The minimum absolute atomic E-state index is 0.0373. The SMILES string of the molecule is Cc1ccsc1-c1ccc([C@H](C)NC(=O)[C@@H]2C[C@@H](O)CN2C(=O)[C@@H](NC(=O)COc2ccc(N3CC(NC(=O)C[C@@H]4N=C(c5ccc(Cl)cc5)c5c(sc(C)c5C)-n5c(C)nnc54)C3)nc2)C(C)(C)C)cc1.